The zero-order chi connectivity index (χ0) is 13.3. The molecule has 3 rings (SSSR count). The van der Waals surface area contributed by atoms with Gasteiger partial charge in [0.1, 0.15) is 0 Å². The van der Waals surface area contributed by atoms with Crippen molar-refractivity contribution in [3.8, 4) is 10.7 Å². The van der Waals surface area contributed by atoms with Crippen LogP contribution in [0.1, 0.15) is 5.89 Å². The van der Waals surface area contributed by atoms with Gasteiger partial charge in [0, 0.05) is 0 Å². The molecule has 0 spiro atoms. The highest BCUT2D eigenvalue weighted by Gasteiger charge is 2.46. The van der Waals surface area contributed by atoms with Gasteiger partial charge in [0.15, 0.2) is 5.54 Å². The number of nitrogens with one attached hydrogen (secondary N) is 1. The van der Waals surface area contributed by atoms with Crippen LogP contribution in [0.25, 0.3) is 10.7 Å². The molecule has 1 aliphatic heterocycles. The minimum Gasteiger partial charge on any atom is -0.480 e. The molecule has 1 saturated heterocycles. The minimum absolute atomic E-state index is 0.147. The molecule has 2 aromatic heterocycles. The van der Waals surface area contributed by atoms with Crippen LogP contribution in [-0.4, -0.2) is 40.0 Å². The predicted octanol–water partition coefficient (Wildman–Crippen LogP) is 0.741. The van der Waals surface area contributed by atoms with Crippen LogP contribution in [-0.2, 0) is 16.1 Å². The molecule has 19 heavy (non-hydrogen) atoms. The average Bonchev–Trinajstić information content (AvgIpc) is 2.97. The van der Waals surface area contributed by atoms with Crippen LogP contribution in [0.2, 0.25) is 0 Å². The molecule has 0 atom stereocenters. The molecular formula is C11H11N3O4S. The van der Waals surface area contributed by atoms with E-state index in [0.29, 0.717) is 11.7 Å². The summed E-state index contributed by atoms with van der Waals surface area (Å²) in [4.78, 5) is 16.2. The van der Waals surface area contributed by atoms with Gasteiger partial charge >= 0.3 is 5.97 Å². The molecule has 0 bridgehead atoms. The zero-order valence-corrected chi connectivity index (χ0v) is 10.6. The van der Waals surface area contributed by atoms with Crippen LogP contribution in [0.3, 0.4) is 0 Å². The van der Waals surface area contributed by atoms with E-state index in [1.165, 1.54) is 11.3 Å². The number of ether oxygens (including phenoxy) is 1. The van der Waals surface area contributed by atoms with Crippen LogP contribution in [0, 0.1) is 0 Å². The fourth-order valence-electron chi connectivity index (χ4n) is 1.68. The van der Waals surface area contributed by atoms with Gasteiger partial charge in [0.2, 0.25) is 11.7 Å². The molecular weight excluding hydrogens is 270 g/mol. The van der Waals surface area contributed by atoms with E-state index in [-0.39, 0.29) is 19.8 Å². The van der Waals surface area contributed by atoms with E-state index >= 15 is 0 Å². The Bertz CT molecular complexity index is 577. The van der Waals surface area contributed by atoms with Gasteiger partial charge < -0.3 is 14.4 Å². The Morgan fingerprint density at radius 1 is 1.58 bits per heavy atom. The van der Waals surface area contributed by atoms with Crippen LogP contribution < -0.4 is 5.32 Å². The van der Waals surface area contributed by atoms with Crippen molar-refractivity contribution in [2.45, 2.75) is 12.1 Å². The number of carboxylic acid groups (broad SMARTS) is 1. The second-order valence-electron chi connectivity index (χ2n) is 4.22. The number of thiophene rings is 1. The maximum absolute atomic E-state index is 11.1. The largest absolute Gasteiger partial charge is 0.480 e. The topological polar surface area (TPSA) is 97.5 Å². The molecule has 0 unspecified atom stereocenters. The van der Waals surface area contributed by atoms with Gasteiger partial charge in [0.05, 0.1) is 24.6 Å². The van der Waals surface area contributed by atoms with Gasteiger partial charge in [-0.15, -0.1) is 11.3 Å². The van der Waals surface area contributed by atoms with E-state index in [9.17, 15) is 4.79 Å². The highest BCUT2D eigenvalue weighted by molar-refractivity contribution is 7.13. The van der Waals surface area contributed by atoms with E-state index in [4.69, 9.17) is 14.4 Å². The number of carbonyl (C=O) groups is 1. The fourth-order valence-corrected chi connectivity index (χ4v) is 2.33. The van der Waals surface area contributed by atoms with E-state index in [2.05, 4.69) is 15.5 Å². The first-order valence-corrected chi connectivity index (χ1v) is 6.50. The molecule has 8 heteroatoms. The van der Waals surface area contributed by atoms with Crippen LogP contribution in [0.5, 0.6) is 0 Å². The SMILES string of the molecule is O=C(O)C1(NCc2nc(-c3cccs3)no2)COC1. The minimum atomic E-state index is -1.03. The Kier molecular flexibility index (Phi) is 3.05. The third kappa shape index (κ3) is 2.25. The van der Waals surface area contributed by atoms with E-state index in [0.717, 1.165) is 4.88 Å². The summed E-state index contributed by atoms with van der Waals surface area (Å²) in [5.74, 6) is -0.0614. The quantitative estimate of drug-likeness (QED) is 0.834. The van der Waals surface area contributed by atoms with E-state index < -0.39 is 11.5 Å². The second kappa shape index (κ2) is 4.72. The highest BCUT2D eigenvalue weighted by Crippen LogP contribution is 2.22. The molecule has 1 aliphatic rings. The molecule has 0 aromatic carbocycles. The lowest BCUT2D eigenvalue weighted by atomic mass is 9.98. The lowest BCUT2D eigenvalue weighted by molar-refractivity contribution is -0.166. The summed E-state index contributed by atoms with van der Waals surface area (Å²) < 4.78 is 10.0. The van der Waals surface area contributed by atoms with Crippen molar-refractivity contribution in [2.75, 3.05) is 13.2 Å². The number of aromatic nitrogens is 2. The second-order valence-corrected chi connectivity index (χ2v) is 5.17. The van der Waals surface area contributed by atoms with Crippen molar-refractivity contribution >= 4 is 17.3 Å². The lowest BCUT2D eigenvalue weighted by Crippen LogP contribution is -2.65. The van der Waals surface area contributed by atoms with Crippen LogP contribution >= 0.6 is 11.3 Å². The summed E-state index contributed by atoms with van der Waals surface area (Å²) in [5.41, 5.74) is -1.03. The first-order valence-electron chi connectivity index (χ1n) is 5.62. The normalized spacial score (nSPS) is 17.1. The molecule has 1 fully saturated rings. The third-order valence-corrected chi connectivity index (χ3v) is 3.76. The number of nitrogens with zero attached hydrogens (tertiary/aromatic N) is 2. The van der Waals surface area contributed by atoms with Crippen molar-refractivity contribution in [3.05, 3.63) is 23.4 Å². The number of hydrogen-bond donors (Lipinski definition) is 2. The third-order valence-electron chi connectivity index (χ3n) is 2.89. The molecule has 0 saturated carbocycles. The van der Waals surface area contributed by atoms with Crippen molar-refractivity contribution in [2.24, 2.45) is 0 Å². The Balaban J connectivity index is 1.66. The molecule has 3 heterocycles. The van der Waals surface area contributed by atoms with Gasteiger partial charge in [-0.1, -0.05) is 11.2 Å². The molecule has 0 radical (unpaired) electrons. The summed E-state index contributed by atoms with van der Waals surface area (Å²) in [7, 11) is 0. The van der Waals surface area contributed by atoms with Crippen LogP contribution in [0.4, 0.5) is 0 Å². The summed E-state index contributed by atoms with van der Waals surface area (Å²) in [6.45, 7) is 0.497. The van der Waals surface area contributed by atoms with Crippen molar-refractivity contribution in [1.82, 2.24) is 15.5 Å². The van der Waals surface area contributed by atoms with Crippen LogP contribution in [0.15, 0.2) is 22.0 Å². The lowest BCUT2D eigenvalue weighted by Gasteiger charge is -2.37. The maximum atomic E-state index is 11.1. The molecule has 0 amide bonds. The molecule has 100 valence electrons. The molecule has 7 nitrogen and oxygen atoms in total. The van der Waals surface area contributed by atoms with Crippen molar-refractivity contribution in [1.29, 1.82) is 0 Å². The van der Waals surface area contributed by atoms with Gasteiger partial charge in [-0.25, -0.2) is 0 Å². The predicted molar refractivity (Wildman–Crippen MR) is 65.6 cm³/mol. The Hall–Kier alpha value is -1.77. The summed E-state index contributed by atoms with van der Waals surface area (Å²) in [5, 5.41) is 17.8. The van der Waals surface area contributed by atoms with Gasteiger partial charge in [-0.05, 0) is 11.4 Å². The van der Waals surface area contributed by atoms with Gasteiger partial charge in [-0.3, -0.25) is 10.1 Å². The zero-order valence-electron chi connectivity index (χ0n) is 9.83. The smallest absolute Gasteiger partial charge is 0.328 e. The van der Waals surface area contributed by atoms with Crippen molar-refractivity contribution < 1.29 is 19.2 Å². The maximum Gasteiger partial charge on any atom is 0.328 e. The number of hydrogen-bond acceptors (Lipinski definition) is 7. The van der Waals surface area contributed by atoms with E-state index in [1.54, 1.807) is 0 Å². The Morgan fingerprint density at radius 2 is 2.42 bits per heavy atom. The Morgan fingerprint density at radius 3 is 3.00 bits per heavy atom. The van der Waals surface area contributed by atoms with E-state index in [1.807, 2.05) is 17.5 Å². The molecule has 0 aliphatic carbocycles. The summed E-state index contributed by atoms with van der Waals surface area (Å²) in [6.07, 6.45) is 0. The van der Waals surface area contributed by atoms with Gasteiger partial charge in [0.25, 0.3) is 0 Å². The first kappa shape index (κ1) is 12.3. The molecule has 2 N–H and O–H groups in total. The van der Waals surface area contributed by atoms with Crippen molar-refractivity contribution in [3.63, 3.8) is 0 Å². The standard InChI is InChI=1S/C11H11N3O4S/c15-10(16)11(5-17-6-11)12-4-8-13-9(14-18-8)7-2-1-3-19-7/h1-3,12H,4-6H2,(H,15,16). The molecule has 2 aromatic rings. The summed E-state index contributed by atoms with van der Waals surface area (Å²) >= 11 is 1.51. The number of carboxylic acids is 1. The summed E-state index contributed by atoms with van der Waals surface area (Å²) in [6, 6.07) is 3.80. The monoisotopic (exact) mass is 281 g/mol. The van der Waals surface area contributed by atoms with Gasteiger partial charge in [-0.2, -0.15) is 4.98 Å². The first-order chi connectivity index (χ1) is 9.20. The Labute approximate surface area is 112 Å². The number of rotatable bonds is 5. The number of aliphatic carboxylic acids is 1. The fraction of sp³-hybridized carbons (Fsp3) is 0.364. The highest BCUT2D eigenvalue weighted by atomic mass is 32.1. The average molecular weight is 281 g/mol.